The van der Waals surface area contributed by atoms with E-state index in [1.54, 1.807) is 23.1 Å². The Labute approximate surface area is 208 Å². The second-order valence-corrected chi connectivity index (χ2v) is 11.7. The van der Waals surface area contributed by atoms with Crippen molar-refractivity contribution in [3.63, 3.8) is 0 Å². The molecule has 0 saturated carbocycles. The Bertz CT molecular complexity index is 1170. The lowest BCUT2D eigenvalue weighted by Crippen LogP contribution is -2.45. The van der Waals surface area contributed by atoms with Crippen molar-refractivity contribution in [3.8, 4) is 0 Å². The van der Waals surface area contributed by atoms with E-state index in [0.29, 0.717) is 32.4 Å². The van der Waals surface area contributed by atoms with Gasteiger partial charge in [0.15, 0.2) is 0 Å². The molecule has 8 heteroatoms. The van der Waals surface area contributed by atoms with Crippen LogP contribution in [0.2, 0.25) is 0 Å². The van der Waals surface area contributed by atoms with Gasteiger partial charge in [0.25, 0.3) is 0 Å². The first kappa shape index (κ1) is 25.4. The molecule has 0 aromatic heterocycles. The van der Waals surface area contributed by atoms with Crippen molar-refractivity contribution in [2.24, 2.45) is 5.92 Å². The summed E-state index contributed by atoms with van der Waals surface area (Å²) in [6.07, 6.45) is 3.28. The highest BCUT2D eigenvalue weighted by Gasteiger charge is 2.35. The van der Waals surface area contributed by atoms with Crippen molar-refractivity contribution >= 4 is 27.5 Å². The quantitative estimate of drug-likeness (QED) is 0.634. The van der Waals surface area contributed by atoms with E-state index >= 15 is 0 Å². The van der Waals surface area contributed by atoms with E-state index in [1.807, 2.05) is 25.1 Å². The lowest BCUT2D eigenvalue weighted by molar-refractivity contribution is -0.126. The number of sulfonamides is 1. The Kier molecular flexibility index (Phi) is 7.62. The molecule has 2 atom stereocenters. The van der Waals surface area contributed by atoms with Crippen LogP contribution in [0, 0.1) is 5.92 Å². The van der Waals surface area contributed by atoms with E-state index in [0.717, 1.165) is 24.1 Å². The van der Waals surface area contributed by atoms with Crippen LogP contribution >= 0.6 is 0 Å². The van der Waals surface area contributed by atoms with Gasteiger partial charge in [0.2, 0.25) is 21.8 Å². The molecule has 1 fully saturated rings. The molecule has 2 aromatic rings. The Morgan fingerprint density at radius 1 is 1.09 bits per heavy atom. The molecule has 2 heterocycles. The van der Waals surface area contributed by atoms with Gasteiger partial charge in [-0.05, 0) is 68.4 Å². The molecule has 0 aliphatic carbocycles. The van der Waals surface area contributed by atoms with Crippen LogP contribution in [-0.2, 0) is 32.5 Å². The highest BCUT2D eigenvalue weighted by Crippen LogP contribution is 2.35. The van der Waals surface area contributed by atoms with Gasteiger partial charge in [-0.25, -0.2) is 8.42 Å². The fraction of sp³-hybridized carbons (Fsp3) is 0.481. The number of nitrogens with zero attached hydrogens (tertiary/aromatic N) is 2. The minimum Gasteiger partial charge on any atom is -0.353 e. The number of piperidine rings is 1. The van der Waals surface area contributed by atoms with Crippen molar-refractivity contribution in [1.82, 2.24) is 9.62 Å². The molecule has 1 saturated heterocycles. The fourth-order valence-electron chi connectivity index (χ4n) is 5.27. The van der Waals surface area contributed by atoms with Crippen LogP contribution in [0.3, 0.4) is 0 Å². The molecule has 4 rings (SSSR count). The van der Waals surface area contributed by atoms with E-state index in [2.05, 4.69) is 24.4 Å². The van der Waals surface area contributed by atoms with Crippen molar-refractivity contribution in [2.45, 2.75) is 69.9 Å². The van der Waals surface area contributed by atoms with Crippen LogP contribution in [0.15, 0.2) is 53.4 Å². The van der Waals surface area contributed by atoms with E-state index < -0.39 is 10.0 Å². The Hall–Kier alpha value is -2.71. The lowest BCUT2D eigenvalue weighted by atomic mass is 9.96. The normalized spacial score (nSPS) is 19.9. The number of carbonyl (C=O) groups is 2. The topological polar surface area (TPSA) is 86.8 Å². The van der Waals surface area contributed by atoms with Crippen LogP contribution < -0.4 is 10.2 Å². The molecule has 0 unspecified atom stereocenters. The van der Waals surface area contributed by atoms with Gasteiger partial charge in [0.1, 0.15) is 0 Å². The Morgan fingerprint density at radius 3 is 2.40 bits per heavy atom. The predicted molar refractivity (Wildman–Crippen MR) is 137 cm³/mol. The number of fused-ring (bicyclic) bond motifs is 1. The average Bonchev–Trinajstić information content (AvgIpc) is 3.19. The van der Waals surface area contributed by atoms with Gasteiger partial charge in [0.05, 0.1) is 4.90 Å². The zero-order valence-electron chi connectivity index (χ0n) is 20.7. The third-order valence-corrected chi connectivity index (χ3v) is 9.13. The first-order valence-electron chi connectivity index (χ1n) is 12.5. The molecule has 188 valence electrons. The molecule has 1 N–H and O–H groups in total. The Morgan fingerprint density at radius 2 is 1.77 bits per heavy atom. The molecular formula is C27H35N3O4S. The minimum absolute atomic E-state index is 0.0145. The van der Waals surface area contributed by atoms with Crippen molar-refractivity contribution in [3.05, 3.63) is 59.7 Å². The zero-order chi connectivity index (χ0) is 25.2. The van der Waals surface area contributed by atoms with Crippen molar-refractivity contribution in [2.75, 3.05) is 18.0 Å². The molecule has 2 aliphatic heterocycles. The maximum absolute atomic E-state index is 13.3. The standard InChI is InChI=1S/C27H35N3O4S/c1-4-24(17-21-8-6-5-7-9-21)28-27(32)22-12-14-29(15-13-22)35(33,34)25-10-11-26-23(18-25)16-19(2)30(26)20(3)31/h5-11,18-19,22,24H,4,12-17H2,1-3H3,(H,28,32)/t19-,24+/m1/s1. The fourth-order valence-corrected chi connectivity index (χ4v) is 6.79. The minimum atomic E-state index is -3.66. The lowest BCUT2D eigenvalue weighted by Gasteiger charge is -2.31. The van der Waals surface area contributed by atoms with E-state index in [-0.39, 0.29) is 34.7 Å². The number of benzene rings is 2. The smallest absolute Gasteiger partial charge is 0.243 e. The number of hydrogen-bond acceptors (Lipinski definition) is 4. The molecule has 7 nitrogen and oxygen atoms in total. The number of rotatable bonds is 7. The second kappa shape index (κ2) is 10.5. The summed E-state index contributed by atoms with van der Waals surface area (Å²) in [5.41, 5.74) is 2.86. The largest absolute Gasteiger partial charge is 0.353 e. The van der Waals surface area contributed by atoms with Crippen LogP contribution in [0.25, 0.3) is 0 Å². The number of carbonyl (C=O) groups excluding carboxylic acids is 2. The second-order valence-electron chi connectivity index (χ2n) is 9.71. The molecule has 2 aromatic carbocycles. The van der Waals surface area contributed by atoms with E-state index in [9.17, 15) is 18.0 Å². The summed E-state index contributed by atoms with van der Waals surface area (Å²) in [6.45, 7) is 6.21. The third kappa shape index (κ3) is 5.43. The molecule has 35 heavy (non-hydrogen) atoms. The molecule has 2 amide bonds. The van der Waals surface area contributed by atoms with E-state index in [1.165, 1.54) is 16.8 Å². The monoisotopic (exact) mass is 497 g/mol. The summed E-state index contributed by atoms with van der Waals surface area (Å²) in [5, 5.41) is 3.18. The molecular weight excluding hydrogens is 462 g/mol. The van der Waals surface area contributed by atoms with Gasteiger partial charge in [-0.1, -0.05) is 37.3 Å². The van der Waals surface area contributed by atoms with Crippen LogP contribution in [0.4, 0.5) is 5.69 Å². The SMILES string of the molecule is CC[C@@H](Cc1ccccc1)NC(=O)C1CCN(S(=O)(=O)c2ccc3c(c2)C[C@@H](C)N3C(C)=O)CC1. The maximum atomic E-state index is 13.3. The first-order chi connectivity index (χ1) is 16.7. The molecule has 2 aliphatic rings. The number of anilines is 1. The average molecular weight is 498 g/mol. The van der Waals surface area contributed by atoms with Gasteiger partial charge in [-0.15, -0.1) is 0 Å². The van der Waals surface area contributed by atoms with Gasteiger partial charge in [-0.3, -0.25) is 9.59 Å². The zero-order valence-corrected chi connectivity index (χ0v) is 21.6. The summed E-state index contributed by atoms with van der Waals surface area (Å²) in [7, 11) is -3.66. The van der Waals surface area contributed by atoms with E-state index in [4.69, 9.17) is 0 Å². The van der Waals surface area contributed by atoms with Crippen molar-refractivity contribution in [1.29, 1.82) is 0 Å². The maximum Gasteiger partial charge on any atom is 0.243 e. The summed E-state index contributed by atoms with van der Waals surface area (Å²) in [4.78, 5) is 26.9. The highest BCUT2D eigenvalue weighted by molar-refractivity contribution is 7.89. The summed E-state index contributed by atoms with van der Waals surface area (Å²) >= 11 is 0. The summed E-state index contributed by atoms with van der Waals surface area (Å²) in [5.74, 6) is -0.210. The predicted octanol–water partition coefficient (Wildman–Crippen LogP) is 3.52. The highest BCUT2D eigenvalue weighted by atomic mass is 32.2. The number of hydrogen-bond donors (Lipinski definition) is 1. The van der Waals surface area contributed by atoms with Gasteiger partial charge in [-0.2, -0.15) is 4.31 Å². The Balaban J connectivity index is 1.37. The van der Waals surface area contributed by atoms with Gasteiger partial charge < -0.3 is 10.2 Å². The van der Waals surface area contributed by atoms with Gasteiger partial charge in [0, 0.05) is 43.7 Å². The molecule has 0 radical (unpaired) electrons. The molecule has 0 spiro atoms. The van der Waals surface area contributed by atoms with Crippen molar-refractivity contribution < 1.29 is 18.0 Å². The molecule has 0 bridgehead atoms. The summed E-state index contributed by atoms with van der Waals surface area (Å²) < 4.78 is 28.2. The van der Waals surface area contributed by atoms with Crippen LogP contribution in [-0.4, -0.2) is 49.7 Å². The van der Waals surface area contributed by atoms with Crippen LogP contribution in [0.5, 0.6) is 0 Å². The first-order valence-corrected chi connectivity index (χ1v) is 13.9. The summed E-state index contributed by atoms with van der Waals surface area (Å²) in [6, 6.07) is 15.2. The van der Waals surface area contributed by atoms with Gasteiger partial charge >= 0.3 is 0 Å². The van der Waals surface area contributed by atoms with Crippen LogP contribution in [0.1, 0.15) is 51.2 Å². The number of nitrogens with one attached hydrogen (secondary N) is 1. The third-order valence-electron chi connectivity index (χ3n) is 7.23. The number of amides is 2.